The third-order valence-electron chi connectivity index (χ3n) is 3.63. The summed E-state index contributed by atoms with van der Waals surface area (Å²) in [6.45, 7) is 4.61. The minimum absolute atomic E-state index is 0.170. The van der Waals surface area contributed by atoms with Gasteiger partial charge < -0.3 is 9.47 Å². The van der Waals surface area contributed by atoms with Crippen LogP contribution >= 0.6 is 92.8 Å². The maximum Gasteiger partial charge on any atom is 0.192 e. The molecular formula is C16H26Cl8O2. The first-order valence-electron chi connectivity index (χ1n) is 8.52. The smallest absolute Gasteiger partial charge is 0.192 e. The van der Waals surface area contributed by atoms with E-state index in [1.54, 1.807) is 0 Å². The van der Waals surface area contributed by atoms with E-state index in [-0.39, 0.29) is 32.0 Å². The zero-order valence-electron chi connectivity index (χ0n) is 14.8. The average molecular weight is 534 g/mol. The zero-order valence-corrected chi connectivity index (χ0v) is 20.9. The summed E-state index contributed by atoms with van der Waals surface area (Å²) < 4.78 is 8.93. The largest absolute Gasteiger partial charge is 0.351 e. The molecule has 0 spiro atoms. The Morgan fingerprint density at radius 3 is 1.50 bits per heavy atom. The van der Waals surface area contributed by atoms with E-state index in [0.29, 0.717) is 0 Å². The van der Waals surface area contributed by atoms with Gasteiger partial charge >= 0.3 is 0 Å². The van der Waals surface area contributed by atoms with Crippen LogP contribution in [0.4, 0.5) is 0 Å². The number of hydrogen-bond acceptors (Lipinski definition) is 2. The lowest BCUT2D eigenvalue weighted by Crippen LogP contribution is -2.32. The highest BCUT2D eigenvalue weighted by Crippen LogP contribution is 2.34. The number of rotatable bonds is 13. The van der Waals surface area contributed by atoms with Crippen LogP contribution in [-0.4, -0.2) is 37.8 Å². The number of alkyl halides is 8. The van der Waals surface area contributed by atoms with Crippen molar-refractivity contribution in [1.82, 2.24) is 0 Å². The molecule has 0 aromatic carbocycles. The molecule has 0 rings (SSSR count). The summed E-state index contributed by atoms with van der Waals surface area (Å²) in [6, 6.07) is 0. The van der Waals surface area contributed by atoms with Crippen molar-refractivity contribution in [3.8, 4) is 0 Å². The Bertz CT molecular complexity index is 333. The molecule has 158 valence electrons. The lowest BCUT2D eigenvalue weighted by Gasteiger charge is -2.29. The molecule has 0 bridgehead atoms. The predicted molar refractivity (Wildman–Crippen MR) is 118 cm³/mol. The quantitative estimate of drug-likeness (QED) is 0.175. The molecule has 0 aromatic rings. The van der Waals surface area contributed by atoms with E-state index in [1.165, 1.54) is 0 Å². The van der Waals surface area contributed by atoms with Gasteiger partial charge in [0.1, 0.15) is 0 Å². The molecule has 0 N–H and O–H groups in total. The SMILES string of the molecule is CCCCC(CC)C(OCC(Cl)CC(Cl)(Cl)Cl)OCC(Cl)CC(Cl)(Cl)Cl. The lowest BCUT2D eigenvalue weighted by molar-refractivity contribution is -0.174. The third kappa shape index (κ3) is 16.1. The Balaban J connectivity index is 4.72. The van der Waals surface area contributed by atoms with Gasteiger partial charge in [-0.2, -0.15) is 0 Å². The van der Waals surface area contributed by atoms with Gasteiger partial charge in [0, 0.05) is 18.8 Å². The number of ether oxygens (including phenoxy) is 2. The third-order valence-corrected chi connectivity index (χ3v) is 5.11. The van der Waals surface area contributed by atoms with Crippen LogP contribution in [0.15, 0.2) is 0 Å². The summed E-state index contributed by atoms with van der Waals surface area (Å²) in [5.74, 6) is 0.197. The first-order valence-corrected chi connectivity index (χ1v) is 11.7. The Labute approximate surface area is 197 Å². The van der Waals surface area contributed by atoms with E-state index in [2.05, 4.69) is 13.8 Å². The van der Waals surface area contributed by atoms with Crippen LogP contribution in [-0.2, 0) is 9.47 Å². The average Bonchev–Trinajstić information content (AvgIpc) is 2.45. The summed E-state index contributed by atoms with van der Waals surface area (Å²) in [7, 11) is 0. The Morgan fingerprint density at radius 1 is 0.769 bits per heavy atom. The molecule has 0 saturated heterocycles. The molecule has 26 heavy (non-hydrogen) atoms. The molecule has 0 aliphatic heterocycles. The van der Waals surface area contributed by atoms with Gasteiger partial charge in [-0.1, -0.05) is 96.3 Å². The van der Waals surface area contributed by atoms with Crippen molar-refractivity contribution < 1.29 is 9.47 Å². The van der Waals surface area contributed by atoms with Crippen LogP contribution in [0, 0.1) is 5.92 Å². The van der Waals surface area contributed by atoms with Crippen molar-refractivity contribution in [1.29, 1.82) is 0 Å². The number of unbranched alkanes of at least 4 members (excludes halogenated alkanes) is 1. The highest BCUT2D eigenvalue weighted by Gasteiger charge is 2.29. The maximum atomic E-state index is 6.20. The molecule has 0 fully saturated rings. The summed E-state index contributed by atoms with van der Waals surface area (Å²) in [4.78, 5) is 0. The van der Waals surface area contributed by atoms with Crippen LogP contribution in [0.25, 0.3) is 0 Å². The minimum atomic E-state index is -1.43. The van der Waals surface area contributed by atoms with E-state index in [9.17, 15) is 0 Å². The molecule has 0 heterocycles. The Hall–Kier alpha value is 2.24. The predicted octanol–water partition coefficient (Wildman–Crippen LogP) is 8.30. The Kier molecular flexibility index (Phi) is 15.5. The lowest BCUT2D eigenvalue weighted by atomic mass is 9.98. The molecule has 0 aliphatic carbocycles. The second-order valence-electron chi connectivity index (χ2n) is 6.18. The molecule has 0 amide bonds. The van der Waals surface area contributed by atoms with E-state index in [4.69, 9.17) is 102 Å². The molecule has 0 aromatic heterocycles. The van der Waals surface area contributed by atoms with Crippen molar-refractivity contribution in [3.63, 3.8) is 0 Å². The number of hydrogen-bond donors (Lipinski definition) is 0. The summed E-state index contributed by atoms with van der Waals surface area (Å²) in [5, 5.41) is -0.907. The molecule has 10 heteroatoms. The van der Waals surface area contributed by atoms with Crippen molar-refractivity contribution in [2.24, 2.45) is 5.92 Å². The van der Waals surface area contributed by atoms with Gasteiger partial charge in [0.2, 0.25) is 0 Å². The van der Waals surface area contributed by atoms with Gasteiger partial charge in [0.25, 0.3) is 0 Å². The Morgan fingerprint density at radius 2 is 1.19 bits per heavy atom. The van der Waals surface area contributed by atoms with Crippen LogP contribution in [0.5, 0.6) is 0 Å². The molecule has 2 nitrogen and oxygen atoms in total. The maximum absolute atomic E-state index is 6.20. The van der Waals surface area contributed by atoms with E-state index in [0.717, 1.165) is 25.7 Å². The minimum Gasteiger partial charge on any atom is -0.351 e. The van der Waals surface area contributed by atoms with Gasteiger partial charge in [-0.05, 0) is 12.8 Å². The molecule has 0 aliphatic rings. The van der Waals surface area contributed by atoms with Gasteiger partial charge in [0.15, 0.2) is 13.9 Å². The zero-order chi connectivity index (χ0) is 20.4. The first kappa shape index (κ1) is 28.2. The fourth-order valence-electron chi connectivity index (χ4n) is 2.34. The molecule has 3 atom stereocenters. The van der Waals surface area contributed by atoms with Crippen molar-refractivity contribution in [2.75, 3.05) is 13.2 Å². The first-order chi connectivity index (χ1) is 11.9. The van der Waals surface area contributed by atoms with Crippen LogP contribution in [0.3, 0.4) is 0 Å². The summed E-state index contributed by atoms with van der Waals surface area (Å²) >= 11 is 47.0. The monoisotopic (exact) mass is 530 g/mol. The van der Waals surface area contributed by atoms with Crippen molar-refractivity contribution in [2.45, 2.75) is 77.0 Å². The normalized spacial score (nSPS) is 17.8. The fraction of sp³-hybridized carbons (Fsp3) is 1.00. The summed E-state index contributed by atoms with van der Waals surface area (Å²) in [5.41, 5.74) is 0. The van der Waals surface area contributed by atoms with E-state index < -0.39 is 24.6 Å². The van der Waals surface area contributed by atoms with E-state index >= 15 is 0 Å². The van der Waals surface area contributed by atoms with Crippen molar-refractivity contribution >= 4 is 92.8 Å². The number of halogens is 8. The van der Waals surface area contributed by atoms with Crippen LogP contribution in [0.1, 0.15) is 52.4 Å². The van der Waals surface area contributed by atoms with Gasteiger partial charge in [-0.25, -0.2) is 0 Å². The van der Waals surface area contributed by atoms with Crippen molar-refractivity contribution in [3.05, 3.63) is 0 Å². The molecule has 3 unspecified atom stereocenters. The summed E-state index contributed by atoms with van der Waals surface area (Å²) in [6.07, 6.45) is 3.87. The second-order valence-corrected chi connectivity index (χ2v) is 12.4. The fourth-order valence-corrected chi connectivity index (χ4v) is 4.54. The van der Waals surface area contributed by atoms with Crippen LogP contribution < -0.4 is 0 Å². The second kappa shape index (κ2) is 14.3. The molecular weight excluding hydrogens is 508 g/mol. The molecule has 0 saturated carbocycles. The van der Waals surface area contributed by atoms with Crippen LogP contribution in [0.2, 0.25) is 0 Å². The highest BCUT2D eigenvalue weighted by molar-refractivity contribution is 6.68. The van der Waals surface area contributed by atoms with E-state index in [1.807, 2.05) is 0 Å². The highest BCUT2D eigenvalue weighted by atomic mass is 35.6. The van der Waals surface area contributed by atoms with Gasteiger partial charge in [0.05, 0.1) is 24.0 Å². The van der Waals surface area contributed by atoms with Gasteiger partial charge in [-0.15, -0.1) is 23.2 Å². The topological polar surface area (TPSA) is 18.5 Å². The standard InChI is InChI=1S/C16H26Cl8O2/c1-3-5-6-11(4-2)14(25-9-12(17)7-15(19,20)21)26-10-13(18)8-16(22,23)24/h11-14H,3-10H2,1-2H3. The molecule has 0 radical (unpaired) electrons. The van der Waals surface area contributed by atoms with Gasteiger partial charge in [-0.3, -0.25) is 0 Å².